The molecule has 7 nitrogen and oxygen atoms in total. The van der Waals surface area contributed by atoms with E-state index in [9.17, 15) is 18.0 Å². The van der Waals surface area contributed by atoms with Gasteiger partial charge in [-0.25, -0.2) is 13.2 Å². The zero-order valence-corrected chi connectivity index (χ0v) is 13.9. The minimum Gasteiger partial charge on any atom is -0.453 e. The average Bonchev–Trinajstić information content (AvgIpc) is 3.03. The molecule has 2 atom stereocenters. The van der Waals surface area contributed by atoms with E-state index in [1.165, 1.54) is 19.2 Å². The smallest absolute Gasteiger partial charge is 0.411 e. The van der Waals surface area contributed by atoms with Crippen molar-refractivity contribution in [3.05, 3.63) is 23.8 Å². The Morgan fingerprint density at radius 1 is 1.48 bits per heavy atom. The van der Waals surface area contributed by atoms with Crippen molar-refractivity contribution in [3.63, 3.8) is 0 Å². The lowest BCUT2D eigenvalue weighted by Crippen LogP contribution is -2.22. The fourth-order valence-corrected chi connectivity index (χ4v) is 3.82. The van der Waals surface area contributed by atoms with Crippen LogP contribution in [-0.2, 0) is 19.4 Å². The molecule has 23 heavy (non-hydrogen) atoms. The van der Waals surface area contributed by atoms with Gasteiger partial charge < -0.3 is 14.8 Å². The molecule has 0 radical (unpaired) electrons. The van der Waals surface area contributed by atoms with Gasteiger partial charge in [-0.2, -0.15) is 0 Å². The maximum Gasteiger partial charge on any atom is 0.411 e. The molecule has 1 aromatic carbocycles. The molecule has 1 heterocycles. The number of benzene rings is 1. The van der Waals surface area contributed by atoms with Gasteiger partial charge in [-0.3, -0.25) is 5.32 Å². The van der Waals surface area contributed by atoms with Gasteiger partial charge in [0.15, 0.2) is 9.84 Å². The number of hydrogen-bond acceptors (Lipinski definition) is 6. The summed E-state index contributed by atoms with van der Waals surface area (Å²) in [4.78, 5) is 22.8. The first-order chi connectivity index (χ1) is 10.9. The molecule has 0 bridgehead atoms. The molecular formula is C15H20N2O5S. The van der Waals surface area contributed by atoms with Gasteiger partial charge >= 0.3 is 6.09 Å². The number of rotatable bonds is 5. The van der Waals surface area contributed by atoms with Crippen molar-refractivity contribution >= 4 is 27.9 Å². The molecule has 1 aliphatic heterocycles. The minimum absolute atomic E-state index is 0.0394. The summed E-state index contributed by atoms with van der Waals surface area (Å²) >= 11 is 0. The Labute approximate surface area is 135 Å². The lowest BCUT2D eigenvalue weighted by atomic mass is 9.95. The topological polar surface area (TPSA) is 102 Å². The van der Waals surface area contributed by atoms with Crippen molar-refractivity contribution in [2.45, 2.75) is 24.3 Å². The van der Waals surface area contributed by atoms with Crippen molar-refractivity contribution < 1.29 is 22.7 Å². The number of nitrogens with one attached hydrogen (secondary N) is 2. The minimum atomic E-state index is -3.45. The summed E-state index contributed by atoms with van der Waals surface area (Å²) in [5, 5.41) is 5.68. The van der Waals surface area contributed by atoms with E-state index in [1.807, 2.05) is 0 Å². The van der Waals surface area contributed by atoms with Gasteiger partial charge in [-0.1, -0.05) is 6.92 Å². The van der Waals surface area contributed by atoms with Crippen molar-refractivity contribution in [2.75, 3.05) is 24.7 Å². The van der Waals surface area contributed by atoms with E-state index >= 15 is 0 Å². The number of aldehydes is 1. The summed E-state index contributed by atoms with van der Waals surface area (Å²) in [6.45, 7) is 2.20. The van der Waals surface area contributed by atoms with E-state index in [0.29, 0.717) is 24.2 Å². The van der Waals surface area contributed by atoms with Gasteiger partial charge in [-0.05, 0) is 36.7 Å². The third-order valence-corrected chi connectivity index (χ3v) is 5.74. The molecule has 1 aromatic rings. The summed E-state index contributed by atoms with van der Waals surface area (Å²) in [5.41, 5.74) is 0.913. The van der Waals surface area contributed by atoms with Crippen LogP contribution in [0.25, 0.3) is 0 Å². The van der Waals surface area contributed by atoms with Crippen molar-refractivity contribution in [3.8, 4) is 0 Å². The number of sulfone groups is 1. The highest BCUT2D eigenvalue weighted by atomic mass is 32.2. The van der Waals surface area contributed by atoms with Crippen LogP contribution in [0.1, 0.15) is 24.9 Å². The maximum absolute atomic E-state index is 12.3. The van der Waals surface area contributed by atoms with Crippen LogP contribution in [0.2, 0.25) is 0 Å². The predicted molar refractivity (Wildman–Crippen MR) is 85.1 cm³/mol. The molecule has 1 fully saturated rings. The molecule has 0 spiro atoms. The van der Waals surface area contributed by atoms with Crippen LogP contribution in [-0.4, -0.2) is 40.2 Å². The molecule has 0 aromatic heterocycles. The van der Waals surface area contributed by atoms with Crippen LogP contribution < -0.4 is 10.6 Å². The fraction of sp³-hybridized carbons (Fsp3) is 0.467. The first-order valence-electron chi connectivity index (χ1n) is 7.33. The molecule has 1 aliphatic rings. The van der Waals surface area contributed by atoms with Gasteiger partial charge in [-0.15, -0.1) is 0 Å². The Kier molecular flexibility index (Phi) is 5.38. The van der Waals surface area contributed by atoms with Crippen LogP contribution in [0.5, 0.6) is 0 Å². The molecular weight excluding hydrogens is 320 g/mol. The Balaban J connectivity index is 2.51. The summed E-state index contributed by atoms with van der Waals surface area (Å²) in [6, 6.07) is 4.16. The SMILES string of the molecule is CCS(=O)(=O)c1ccc(NC(=O)OC)cc1[C@@H]1NCC[C@@H]1C=O. The average molecular weight is 340 g/mol. The Hall–Kier alpha value is -1.93. The van der Waals surface area contributed by atoms with Crippen LogP contribution in [0, 0.1) is 5.92 Å². The molecule has 0 saturated carbocycles. The van der Waals surface area contributed by atoms with E-state index in [2.05, 4.69) is 15.4 Å². The second kappa shape index (κ2) is 7.10. The van der Waals surface area contributed by atoms with E-state index in [4.69, 9.17) is 0 Å². The normalized spacial score (nSPS) is 21.0. The highest BCUT2D eigenvalue weighted by Gasteiger charge is 2.32. The zero-order chi connectivity index (χ0) is 17.0. The molecule has 1 amide bonds. The molecule has 126 valence electrons. The van der Waals surface area contributed by atoms with Gasteiger partial charge in [0.25, 0.3) is 0 Å². The fourth-order valence-electron chi connectivity index (χ4n) is 2.69. The summed E-state index contributed by atoms with van der Waals surface area (Å²) < 4.78 is 29.2. The second-order valence-electron chi connectivity index (χ2n) is 5.29. The van der Waals surface area contributed by atoms with E-state index < -0.39 is 15.9 Å². The maximum atomic E-state index is 12.3. The van der Waals surface area contributed by atoms with Gasteiger partial charge in [0, 0.05) is 17.6 Å². The largest absolute Gasteiger partial charge is 0.453 e. The molecule has 0 aliphatic carbocycles. The first-order valence-corrected chi connectivity index (χ1v) is 8.98. The third kappa shape index (κ3) is 3.70. The van der Waals surface area contributed by atoms with Gasteiger partial charge in [0.1, 0.15) is 6.29 Å². The monoisotopic (exact) mass is 340 g/mol. The lowest BCUT2D eigenvalue weighted by molar-refractivity contribution is -0.111. The molecule has 2 rings (SSSR count). The van der Waals surface area contributed by atoms with Crippen LogP contribution in [0.3, 0.4) is 0 Å². The summed E-state index contributed by atoms with van der Waals surface area (Å²) in [5.74, 6) is -0.336. The lowest BCUT2D eigenvalue weighted by Gasteiger charge is -2.20. The van der Waals surface area contributed by atoms with Crippen LogP contribution in [0.4, 0.5) is 10.5 Å². The summed E-state index contributed by atoms with van der Waals surface area (Å²) in [7, 11) is -2.21. The number of methoxy groups -OCH3 is 1. The highest BCUT2D eigenvalue weighted by Crippen LogP contribution is 2.34. The quantitative estimate of drug-likeness (QED) is 0.788. The second-order valence-corrected chi connectivity index (χ2v) is 7.54. The number of ether oxygens (including phenoxy) is 1. The zero-order valence-electron chi connectivity index (χ0n) is 13.0. The van der Waals surface area contributed by atoms with E-state index in [-0.39, 0.29) is 22.6 Å². The number of carbonyl (C=O) groups is 2. The van der Waals surface area contributed by atoms with Crippen molar-refractivity contribution in [1.82, 2.24) is 5.32 Å². The van der Waals surface area contributed by atoms with E-state index in [1.54, 1.807) is 13.0 Å². The molecule has 8 heteroatoms. The molecule has 2 N–H and O–H groups in total. The van der Waals surface area contributed by atoms with Crippen molar-refractivity contribution in [2.24, 2.45) is 5.92 Å². The Morgan fingerprint density at radius 2 is 2.22 bits per heavy atom. The molecule has 0 unspecified atom stereocenters. The van der Waals surface area contributed by atoms with Crippen molar-refractivity contribution in [1.29, 1.82) is 0 Å². The molecule has 1 saturated heterocycles. The van der Waals surface area contributed by atoms with Crippen LogP contribution in [0.15, 0.2) is 23.1 Å². The Bertz CT molecular complexity index is 702. The number of carbonyl (C=O) groups excluding carboxylic acids is 2. The predicted octanol–water partition coefficient (Wildman–Crippen LogP) is 1.51. The highest BCUT2D eigenvalue weighted by molar-refractivity contribution is 7.91. The number of amides is 1. The van der Waals surface area contributed by atoms with Gasteiger partial charge in [0.05, 0.1) is 17.8 Å². The van der Waals surface area contributed by atoms with Crippen LogP contribution >= 0.6 is 0 Å². The summed E-state index contributed by atoms with van der Waals surface area (Å²) in [6.07, 6.45) is 0.843. The third-order valence-electron chi connectivity index (χ3n) is 3.94. The van der Waals surface area contributed by atoms with E-state index in [0.717, 1.165) is 6.29 Å². The number of hydrogen-bond donors (Lipinski definition) is 2. The first kappa shape index (κ1) is 17.4. The van der Waals surface area contributed by atoms with Gasteiger partial charge in [0.2, 0.25) is 0 Å². The Morgan fingerprint density at radius 3 is 2.83 bits per heavy atom. The standard InChI is InChI=1S/C15H20N2O5S/c1-3-23(20,21)13-5-4-11(17-15(19)22-2)8-12(13)14-10(9-18)6-7-16-14/h4-5,8-10,14,16H,3,6-7H2,1-2H3,(H,17,19)/t10-,14-/m1/s1. The number of anilines is 1.